The fourth-order valence-corrected chi connectivity index (χ4v) is 1.89. The van der Waals surface area contributed by atoms with Crippen molar-refractivity contribution in [2.24, 2.45) is 0 Å². The van der Waals surface area contributed by atoms with E-state index in [1.807, 2.05) is 13.0 Å². The van der Waals surface area contributed by atoms with Gasteiger partial charge in [0.05, 0.1) is 5.57 Å². The average molecular weight is 261 g/mol. The summed E-state index contributed by atoms with van der Waals surface area (Å²) in [5.41, 5.74) is 0.931. The average Bonchev–Trinajstić information content (AvgIpc) is 2.35. The zero-order chi connectivity index (χ0) is 14.6. The van der Waals surface area contributed by atoms with E-state index < -0.39 is 5.91 Å². The molecule has 0 radical (unpaired) electrons. The molecule has 5 nitrogen and oxygen atoms in total. The first-order valence-corrected chi connectivity index (χ1v) is 6.29. The van der Waals surface area contributed by atoms with E-state index in [9.17, 15) is 9.59 Å². The summed E-state index contributed by atoms with van der Waals surface area (Å²) in [5, 5.41) is 9.11. The van der Waals surface area contributed by atoms with Crippen molar-refractivity contribution >= 4 is 11.8 Å². The van der Waals surface area contributed by atoms with Gasteiger partial charge in [-0.2, -0.15) is 5.26 Å². The molecule has 1 heterocycles. The van der Waals surface area contributed by atoms with Crippen LogP contribution in [-0.4, -0.2) is 42.3 Å². The Morgan fingerprint density at radius 3 is 2.42 bits per heavy atom. The van der Waals surface area contributed by atoms with Crippen LogP contribution >= 0.6 is 0 Å². The van der Waals surface area contributed by atoms with E-state index in [-0.39, 0.29) is 11.5 Å². The molecule has 1 aliphatic heterocycles. The van der Waals surface area contributed by atoms with Crippen molar-refractivity contribution in [3.63, 3.8) is 0 Å². The third-order valence-electron chi connectivity index (χ3n) is 2.95. The van der Waals surface area contributed by atoms with E-state index in [1.165, 1.54) is 4.90 Å². The van der Waals surface area contributed by atoms with Crippen LogP contribution in [0.15, 0.2) is 22.9 Å². The van der Waals surface area contributed by atoms with Gasteiger partial charge in [0.1, 0.15) is 11.6 Å². The maximum absolute atomic E-state index is 12.3. The SMILES string of the molecule is CCCCN1C(=O)C(C#N)=C(C)/C(=C/N(C)C)C1=O. The lowest BCUT2D eigenvalue weighted by molar-refractivity contribution is -0.140. The van der Waals surface area contributed by atoms with Crippen molar-refractivity contribution in [1.29, 1.82) is 5.26 Å². The molecule has 0 fully saturated rings. The van der Waals surface area contributed by atoms with Gasteiger partial charge in [-0.1, -0.05) is 13.3 Å². The summed E-state index contributed by atoms with van der Waals surface area (Å²) in [6, 6.07) is 1.91. The van der Waals surface area contributed by atoms with E-state index in [4.69, 9.17) is 5.26 Å². The molecule has 0 bridgehead atoms. The van der Waals surface area contributed by atoms with Gasteiger partial charge in [-0.25, -0.2) is 0 Å². The lowest BCUT2D eigenvalue weighted by Gasteiger charge is -2.27. The third-order valence-corrected chi connectivity index (χ3v) is 2.95. The number of rotatable bonds is 4. The summed E-state index contributed by atoms with van der Waals surface area (Å²) >= 11 is 0. The summed E-state index contributed by atoms with van der Waals surface area (Å²) in [6.45, 7) is 3.99. The van der Waals surface area contributed by atoms with Crippen LogP contribution in [-0.2, 0) is 9.59 Å². The van der Waals surface area contributed by atoms with Crippen LogP contribution in [0.25, 0.3) is 0 Å². The smallest absolute Gasteiger partial charge is 0.271 e. The van der Waals surface area contributed by atoms with Crippen LogP contribution in [0.2, 0.25) is 0 Å². The molecule has 0 N–H and O–H groups in total. The molecule has 1 rings (SSSR count). The number of amides is 2. The first-order valence-electron chi connectivity index (χ1n) is 6.29. The van der Waals surface area contributed by atoms with Gasteiger partial charge in [-0.05, 0) is 18.9 Å². The normalized spacial score (nSPS) is 18.1. The standard InChI is InChI=1S/C14H19N3O2/c1-5-6-7-17-13(18)11(8-15)10(2)12(14(17)19)9-16(3)4/h9H,5-7H2,1-4H3/b12-9-. The van der Waals surface area contributed by atoms with E-state index >= 15 is 0 Å². The van der Waals surface area contributed by atoms with Crippen LogP contribution in [0, 0.1) is 11.3 Å². The summed E-state index contributed by atoms with van der Waals surface area (Å²) in [4.78, 5) is 27.3. The number of hydrogen-bond donors (Lipinski definition) is 0. The number of nitrogens with zero attached hydrogens (tertiary/aromatic N) is 3. The molecule has 0 saturated heterocycles. The Hall–Kier alpha value is -2.09. The highest BCUT2D eigenvalue weighted by Gasteiger charge is 2.35. The minimum absolute atomic E-state index is 0.0591. The molecule has 2 amide bonds. The number of carbonyl (C=O) groups is 2. The van der Waals surface area contributed by atoms with Gasteiger partial charge < -0.3 is 4.90 Å². The molecule has 0 aromatic heterocycles. The van der Waals surface area contributed by atoms with Gasteiger partial charge in [0.25, 0.3) is 11.8 Å². The molecule has 0 saturated carbocycles. The molecule has 0 atom stereocenters. The van der Waals surface area contributed by atoms with Crippen LogP contribution < -0.4 is 0 Å². The summed E-state index contributed by atoms with van der Waals surface area (Å²) in [5.74, 6) is -0.794. The number of nitriles is 1. The van der Waals surface area contributed by atoms with Gasteiger partial charge in [0, 0.05) is 26.8 Å². The highest BCUT2D eigenvalue weighted by atomic mass is 16.2. The summed E-state index contributed by atoms with van der Waals surface area (Å²) in [7, 11) is 3.60. The number of carbonyl (C=O) groups excluding carboxylic acids is 2. The first kappa shape index (κ1) is 15.0. The van der Waals surface area contributed by atoms with Gasteiger partial charge >= 0.3 is 0 Å². The van der Waals surface area contributed by atoms with Crippen LogP contribution in [0.1, 0.15) is 26.7 Å². The van der Waals surface area contributed by atoms with Crippen molar-refractivity contribution in [2.75, 3.05) is 20.6 Å². The lowest BCUT2D eigenvalue weighted by atomic mass is 9.96. The fourth-order valence-electron chi connectivity index (χ4n) is 1.89. The molecule has 0 aliphatic carbocycles. The molecule has 19 heavy (non-hydrogen) atoms. The second-order valence-corrected chi connectivity index (χ2v) is 4.73. The lowest BCUT2D eigenvalue weighted by Crippen LogP contribution is -2.43. The van der Waals surface area contributed by atoms with Gasteiger partial charge in [0.2, 0.25) is 0 Å². The monoisotopic (exact) mass is 261 g/mol. The fraction of sp³-hybridized carbons (Fsp3) is 0.500. The van der Waals surface area contributed by atoms with Crippen LogP contribution in [0.5, 0.6) is 0 Å². The largest absolute Gasteiger partial charge is 0.383 e. The Labute approximate surface area is 113 Å². The molecule has 5 heteroatoms. The van der Waals surface area contributed by atoms with Crippen molar-refractivity contribution in [3.8, 4) is 6.07 Å². The maximum Gasteiger partial charge on any atom is 0.271 e. The highest BCUT2D eigenvalue weighted by Crippen LogP contribution is 2.25. The number of unbranched alkanes of at least 4 members (excludes halogenated alkanes) is 1. The second-order valence-electron chi connectivity index (χ2n) is 4.73. The minimum Gasteiger partial charge on any atom is -0.383 e. The predicted molar refractivity (Wildman–Crippen MR) is 71.7 cm³/mol. The van der Waals surface area contributed by atoms with Crippen molar-refractivity contribution in [3.05, 3.63) is 22.9 Å². The molecule has 0 unspecified atom stereocenters. The summed E-state index contributed by atoms with van der Waals surface area (Å²) < 4.78 is 0. The van der Waals surface area contributed by atoms with Gasteiger partial charge in [-0.15, -0.1) is 0 Å². The topological polar surface area (TPSA) is 64.4 Å². The van der Waals surface area contributed by atoms with E-state index in [0.717, 1.165) is 12.8 Å². The quantitative estimate of drug-likeness (QED) is 0.567. The Morgan fingerprint density at radius 1 is 1.32 bits per heavy atom. The maximum atomic E-state index is 12.3. The highest BCUT2D eigenvalue weighted by molar-refractivity contribution is 6.18. The second kappa shape index (κ2) is 6.19. The Bertz CT molecular complexity index is 495. The van der Waals surface area contributed by atoms with E-state index in [2.05, 4.69) is 0 Å². The zero-order valence-corrected chi connectivity index (χ0v) is 11.9. The molecule has 0 spiro atoms. The molecule has 0 aromatic rings. The van der Waals surface area contributed by atoms with Crippen molar-refractivity contribution < 1.29 is 9.59 Å². The van der Waals surface area contributed by atoms with Crippen LogP contribution in [0.4, 0.5) is 0 Å². The molecule has 1 aliphatic rings. The third kappa shape index (κ3) is 3.02. The molecular formula is C14H19N3O2. The predicted octanol–water partition coefficient (Wildman–Crippen LogP) is 1.44. The number of hydrogen-bond acceptors (Lipinski definition) is 4. The Balaban J connectivity index is 3.27. The minimum atomic E-state index is -0.477. The van der Waals surface area contributed by atoms with Gasteiger partial charge in [-0.3, -0.25) is 14.5 Å². The zero-order valence-electron chi connectivity index (χ0n) is 11.9. The summed E-state index contributed by atoms with van der Waals surface area (Å²) in [6.07, 6.45) is 3.28. The van der Waals surface area contributed by atoms with Crippen LogP contribution in [0.3, 0.4) is 0 Å². The molecule has 102 valence electrons. The van der Waals surface area contributed by atoms with E-state index in [0.29, 0.717) is 17.7 Å². The van der Waals surface area contributed by atoms with E-state index in [1.54, 1.807) is 32.1 Å². The van der Waals surface area contributed by atoms with Crippen molar-refractivity contribution in [1.82, 2.24) is 9.80 Å². The molecular weight excluding hydrogens is 242 g/mol. The number of imide groups is 1. The molecule has 0 aromatic carbocycles. The van der Waals surface area contributed by atoms with Gasteiger partial charge in [0.15, 0.2) is 0 Å². The Morgan fingerprint density at radius 2 is 1.95 bits per heavy atom. The Kier molecular flexibility index (Phi) is 4.87. The first-order chi connectivity index (χ1) is 8.93. The van der Waals surface area contributed by atoms with Crippen molar-refractivity contribution in [2.45, 2.75) is 26.7 Å².